The molecule has 3 aromatic carbocycles. The molecule has 2 aliphatic carbocycles. The van der Waals surface area contributed by atoms with Gasteiger partial charge in [-0.05, 0) is 77.0 Å². The smallest absolute Gasteiger partial charge is 0.338 e. The quantitative estimate of drug-likeness (QED) is 0.387. The second kappa shape index (κ2) is 9.32. The maximum atomic E-state index is 12.7. The van der Waals surface area contributed by atoms with E-state index < -0.39 is 0 Å². The van der Waals surface area contributed by atoms with Crippen molar-refractivity contribution in [3.05, 3.63) is 83.4 Å². The van der Waals surface area contributed by atoms with Gasteiger partial charge in [-0.1, -0.05) is 86.3 Å². The van der Waals surface area contributed by atoms with E-state index in [0.717, 1.165) is 22.3 Å². The Hall–Kier alpha value is -2.87. The number of carbonyl (C=O) groups excluding carboxylic acids is 1. The van der Waals surface area contributed by atoms with Crippen LogP contribution < -0.4 is 0 Å². The number of hydrogen-bond acceptors (Lipinski definition) is 2. The lowest BCUT2D eigenvalue weighted by molar-refractivity contribution is 0.0601. The average molecular weight is 425 g/mol. The number of ether oxygens (including phenoxy) is 1. The molecule has 164 valence electrons. The molecule has 0 aromatic heterocycles. The van der Waals surface area contributed by atoms with Gasteiger partial charge in [0.15, 0.2) is 0 Å². The molecule has 2 fully saturated rings. The first-order valence-corrected chi connectivity index (χ1v) is 12.2. The van der Waals surface area contributed by atoms with E-state index in [1.54, 1.807) is 0 Å². The Morgan fingerprint density at radius 2 is 1.12 bits per heavy atom. The SMILES string of the molecule is COC(=O)c1cc(-c2ccc(C3CCCC3)cc2)ccc1-c1ccc(C2CCCC2)cc1. The molecule has 0 N–H and O–H groups in total. The monoisotopic (exact) mass is 424 g/mol. The predicted molar refractivity (Wildman–Crippen MR) is 131 cm³/mol. The number of methoxy groups -OCH3 is 1. The fourth-order valence-corrected chi connectivity index (χ4v) is 5.66. The summed E-state index contributed by atoms with van der Waals surface area (Å²) in [5.41, 5.74) is 7.67. The van der Waals surface area contributed by atoms with Gasteiger partial charge in [0, 0.05) is 0 Å². The highest BCUT2D eigenvalue weighted by atomic mass is 16.5. The molecule has 2 heteroatoms. The minimum absolute atomic E-state index is 0.288. The maximum absolute atomic E-state index is 12.7. The van der Waals surface area contributed by atoms with Gasteiger partial charge in [0.1, 0.15) is 0 Å². The normalized spacial score (nSPS) is 17.0. The second-order valence-electron chi connectivity index (χ2n) is 9.46. The van der Waals surface area contributed by atoms with Crippen LogP contribution >= 0.6 is 0 Å². The molecule has 0 atom stereocenters. The van der Waals surface area contributed by atoms with E-state index in [0.29, 0.717) is 17.4 Å². The van der Waals surface area contributed by atoms with E-state index in [2.05, 4.69) is 60.7 Å². The lowest BCUT2D eigenvalue weighted by Crippen LogP contribution is -2.04. The molecule has 2 aliphatic rings. The number of hydrogen-bond donors (Lipinski definition) is 0. The summed E-state index contributed by atoms with van der Waals surface area (Å²) >= 11 is 0. The molecule has 2 nitrogen and oxygen atoms in total. The van der Waals surface area contributed by atoms with Gasteiger partial charge in [-0.2, -0.15) is 0 Å². The Morgan fingerprint density at radius 1 is 0.656 bits per heavy atom. The van der Waals surface area contributed by atoms with E-state index in [9.17, 15) is 4.79 Å². The third-order valence-electron chi connectivity index (χ3n) is 7.54. The topological polar surface area (TPSA) is 26.3 Å². The number of esters is 1. The summed E-state index contributed by atoms with van der Waals surface area (Å²) in [4.78, 5) is 12.7. The molecule has 0 spiro atoms. The van der Waals surface area contributed by atoms with Crippen LogP contribution in [0.5, 0.6) is 0 Å². The van der Waals surface area contributed by atoms with E-state index >= 15 is 0 Å². The summed E-state index contributed by atoms with van der Waals surface area (Å²) in [6.45, 7) is 0. The summed E-state index contributed by atoms with van der Waals surface area (Å²) in [5, 5.41) is 0. The van der Waals surface area contributed by atoms with Gasteiger partial charge in [-0.3, -0.25) is 0 Å². The van der Waals surface area contributed by atoms with Crippen LogP contribution in [0.3, 0.4) is 0 Å². The lowest BCUT2D eigenvalue weighted by Gasteiger charge is -2.14. The Balaban J connectivity index is 1.44. The van der Waals surface area contributed by atoms with Crippen molar-refractivity contribution in [2.75, 3.05) is 7.11 Å². The highest BCUT2D eigenvalue weighted by molar-refractivity contribution is 5.98. The van der Waals surface area contributed by atoms with Crippen molar-refractivity contribution in [1.82, 2.24) is 0 Å². The summed E-state index contributed by atoms with van der Waals surface area (Å²) in [6, 6.07) is 23.9. The zero-order valence-electron chi connectivity index (χ0n) is 19.0. The van der Waals surface area contributed by atoms with Crippen molar-refractivity contribution in [1.29, 1.82) is 0 Å². The summed E-state index contributed by atoms with van der Waals surface area (Å²) < 4.78 is 5.14. The minimum Gasteiger partial charge on any atom is -0.465 e. The summed E-state index contributed by atoms with van der Waals surface area (Å²) in [6.07, 6.45) is 10.6. The third kappa shape index (κ3) is 4.24. The van der Waals surface area contributed by atoms with Gasteiger partial charge < -0.3 is 4.74 Å². The number of rotatable bonds is 5. The molecular weight excluding hydrogens is 392 g/mol. The Kier molecular flexibility index (Phi) is 6.12. The molecule has 5 rings (SSSR count). The Labute approximate surface area is 191 Å². The van der Waals surface area contributed by atoms with Crippen LogP contribution in [0.15, 0.2) is 66.7 Å². The van der Waals surface area contributed by atoms with Crippen LogP contribution in [0.2, 0.25) is 0 Å². The first kappa shape index (κ1) is 21.0. The van der Waals surface area contributed by atoms with Crippen LogP contribution in [0.1, 0.15) is 84.7 Å². The van der Waals surface area contributed by atoms with Gasteiger partial charge in [0.25, 0.3) is 0 Å². The standard InChI is InChI=1S/C30H32O2/c1-32-30(31)29-20-27(25-12-10-23(11-13-25)21-6-2-3-7-21)18-19-28(29)26-16-14-24(15-17-26)22-8-4-5-9-22/h10-22H,2-9H2,1H3. The van der Waals surface area contributed by atoms with Crippen LogP contribution in [0, 0.1) is 0 Å². The van der Waals surface area contributed by atoms with E-state index in [-0.39, 0.29) is 5.97 Å². The molecule has 0 aliphatic heterocycles. The van der Waals surface area contributed by atoms with E-state index in [1.165, 1.54) is 69.6 Å². The van der Waals surface area contributed by atoms with Gasteiger partial charge >= 0.3 is 5.97 Å². The first-order chi connectivity index (χ1) is 15.7. The van der Waals surface area contributed by atoms with Crippen molar-refractivity contribution >= 4 is 5.97 Å². The Morgan fingerprint density at radius 3 is 1.62 bits per heavy atom. The minimum atomic E-state index is -0.288. The largest absolute Gasteiger partial charge is 0.465 e. The summed E-state index contributed by atoms with van der Waals surface area (Å²) in [5.74, 6) is 1.12. The molecule has 0 saturated heterocycles. The fourth-order valence-electron chi connectivity index (χ4n) is 5.66. The molecule has 0 unspecified atom stereocenters. The molecular formula is C30H32O2. The van der Waals surface area contributed by atoms with Gasteiger partial charge in [0.05, 0.1) is 12.7 Å². The average Bonchev–Trinajstić information content (AvgIpc) is 3.58. The van der Waals surface area contributed by atoms with Crippen molar-refractivity contribution in [2.45, 2.75) is 63.2 Å². The first-order valence-electron chi connectivity index (χ1n) is 12.2. The molecule has 0 radical (unpaired) electrons. The lowest BCUT2D eigenvalue weighted by atomic mass is 9.91. The predicted octanol–water partition coefficient (Wildman–Crippen LogP) is 8.12. The van der Waals surface area contributed by atoms with Gasteiger partial charge in [-0.15, -0.1) is 0 Å². The number of carbonyl (C=O) groups is 1. The number of benzene rings is 3. The van der Waals surface area contributed by atoms with Crippen LogP contribution in [0.25, 0.3) is 22.3 Å². The van der Waals surface area contributed by atoms with Gasteiger partial charge in [0.2, 0.25) is 0 Å². The highest BCUT2D eigenvalue weighted by Crippen LogP contribution is 2.37. The van der Waals surface area contributed by atoms with Crippen molar-refractivity contribution in [3.63, 3.8) is 0 Å². The highest BCUT2D eigenvalue weighted by Gasteiger charge is 2.19. The van der Waals surface area contributed by atoms with Crippen molar-refractivity contribution < 1.29 is 9.53 Å². The Bertz CT molecular complexity index is 1070. The molecule has 0 amide bonds. The van der Waals surface area contributed by atoms with Crippen LogP contribution in [-0.2, 0) is 4.74 Å². The van der Waals surface area contributed by atoms with Crippen LogP contribution in [0.4, 0.5) is 0 Å². The zero-order valence-corrected chi connectivity index (χ0v) is 19.0. The van der Waals surface area contributed by atoms with Crippen LogP contribution in [-0.4, -0.2) is 13.1 Å². The van der Waals surface area contributed by atoms with E-state index in [1.807, 2.05) is 6.07 Å². The molecule has 32 heavy (non-hydrogen) atoms. The molecule has 3 aromatic rings. The zero-order chi connectivity index (χ0) is 21.9. The van der Waals surface area contributed by atoms with Gasteiger partial charge in [-0.25, -0.2) is 4.79 Å². The van der Waals surface area contributed by atoms with Crippen molar-refractivity contribution in [3.8, 4) is 22.3 Å². The van der Waals surface area contributed by atoms with E-state index in [4.69, 9.17) is 4.74 Å². The molecule has 2 saturated carbocycles. The van der Waals surface area contributed by atoms with Crippen molar-refractivity contribution in [2.24, 2.45) is 0 Å². The second-order valence-corrected chi connectivity index (χ2v) is 9.46. The molecule has 0 bridgehead atoms. The molecule has 0 heterocycles. The maximum Gasteiger partial charge on any atom is 0.338 e. The third-order valence-corrected chi connectivity index (χ3v) is 7.54. The fraction of sp³-hybridized carbons (Fsp3) is 0.367. The summed E-state index contributed by atoms with van der Waals surface area (Å²) in [7, 11) is 1.46.